The normalized spacial score (nSPS) is 10.8. The predicted octanol–water partition coefficient (Wildman–Crippen LogP) is 2.26. The fraction of sp³-hybridized carbons (Fsp3) is 0.158. The molecule has 9 heteroatoms. The molecule has 140 valence electrons. The molecule has 0 saturated heterocycles. The average molecular weight is 373 g/mol. The number of tetrazole rings is 1. The Morgan fingerprint density at radius 1 is 1.00 bits per heavy atom. The number of nitrogens with zero attached hydrogens (tertiary/aromatic N) is 6. The van der Waals surface area contributed by atoms with Crippen LogP contribution >= 0.6 is 0 Å². The van der Waals surface area contributed by atoms with Crippen molar-refractivity contribution in [2.75, 3.05) is 17.6 Å². The Labute approximate surface area is 161 Å². The molecule has 0 bridgehead atoms. The van der Waals surface area contributed by atoms with E-state index >= 15 is 0 Å². The van der Waals surface area contributed by atoms with Gasteiger partial charge in [-0.25, -0.2) is 15.0 Å². The van der Waals surface area contributed by atoms with Crippen molar-refractivity contribution in [3.8, 4) is 22.4 Å². The second-order valence-electron chi connectivity index (χ2n) is 6.30. The molecule has 0 radical (unpaired) electrons. The number of H-pyrrole nitrogens is 1. The Morgan fingerprint density at radius 2 is 1.82 bits per heavy atom. The summed E-state index contributed by atoms with van der Waals surface area (Å²) in [5, 5.41) is 17.1. The van der Waals surface area contributed by atoms with Crippen LogP contribution in [0.3, 0.4) is 0 Å². The molecule has 0 aliphatic heterocycles. The number of rotatable bonds is 6. The molecule has 0 aliphatic rings. The summed E-state index contributed by atoms with van der Waals surface area (Å²) in [4.78, 5) is 13.4. The molecule has 4 aromatic rings. The summed E-state index contributed by atoms with van der Waals surface area (Å²) < 4.78 is 0. The number of pyridine rings is 1. The minimum absolute atomic E-state index is 0.473. The smallest absolute Gasteiger partial charge is 0.223 e. The molecule has 0 unspecified atom stereocenters. The summed E-state index contributed by atoms with van der Waals surface area (Å²) in [7, 11) is 0. The number of aromatic nitrogens is 7. The summed E-state index contributed by atoms with van der Waals surface area (Å²) in [6.07, 6.45) is 4.14. The second-order valence-corrected chi connectivity index (χ2v) is 6.30. The molecule has 0 atom stereocenters. The van der Waals surface area contributed by atoms with E-state index < -0.39 is 0 Å². The summed E-state index contributed by atoms with van der Waals surface area (Å²) in [6, 6.07) is 11.9. The van der Waals surface area contributed by atoms with Gasteiger partial charge in [-0.2, -0.15) is 5.21 Å². The van der Waals surface area contributed by atoms with E-state index in [1.165, 1.54) is 5.56 Å². The number of anilines is 2. The minimum atomic E-state index is 0.473. The molecule has 9 nitrogen and oxygen atoms in total. The Hall–Kier alpha value is -3.88. The highest BCUT2D eigenvalue weighted by atomic mass is 15.5. The van der Waals surface area contributed by atoms with Crippen LogP contribution in [0.4, 0.5) is 11.8 Å². The van der Waals surface area contributed by atoms with Crippen molar-refractivity contribution in [3.63, 3.8) is 0 Å². The number of nitrogen functional groups attached to an aromatic ring is 1. The van der Waals surface area contributed by atoms with Crippen LogP contribution in [-0.2, 0) is 6.42 Å². The Morgan fingerprint density at radius 3 is 2.54 bits per heavy atom. The first-order chi connectivity index (χ1) is 13.7. The molecular weight excluding hydrogens is 354 g/mol. The van der Waals surface area contributed by atoms with E-state index in [4.69, 9.17) is 10.7 Å². The van der Waals surface area contributed by atoms with Gasteiger partial charge in [-0.1, -0.05) is 35.0 Å². The minimum Gasteiger partial charge on any atom is -0.384 e. The first-order valence-electron chi connectivity index (χ1n) is 8.81. The quantitative estimate of drug-likeness (QED) is 0.469. The first-order valence-corrected chi connectivity index (χ1v) is 8.81. The van der Waals surface area contributed by atoms with Crippen LogP contribution in [0.2, 0.25) is 0 Å². The third-order valence-electron chi connectivity index (χ3n) is 4.23. The van der Waals surface area contributed by atoms with Crippen LogP contribution in [0.25, 0.3) is 22.4 Å². The SMILES string of the molecule is Cc1ccc(-c2nc(NCCc3nn[nH]n3)ncc2-c2ccc(N)nc2)cc1. The van der Waals surface area contributed by atoms with Crippen molar-refractivity contribution in [1.82, 2.24) is 35.6 Å². The first kappa shape index (κ1) is 17.5. The lowest BCUT2D eigenvalue weighted by Gasteiger charge is -2.12. The van der Waals surface area contributed by atoms with Gasteiger partial charge in [0.05, 0.1) is 5.69 Å². The van der Waals surface area contributed by atoms with Crippen molar-refractivity contribution in [3.05, 3.63) is 60.2 Å². The molecule has 0 spiro atoms. The van der Waals surface area contributed by atoms with E-state index in [0.29, 0.717) is 30.6 Å². The topological polar surface area (TPSA) is 131 Å². The molecule has 1 aromatic carbocycles. The van der Waals surface area contributed by atoms with Gasteiger partial charge in [0, 0.05) is 42.0 Å². The van der Waals surface area contributed by atoms with Crippen LogP contribution in [0, 0.1) is 6.92 Å². The molecule has 4 N–H and O–H groups in total. The van der Waals surface area contributed by atoms with Crippen molar-refractivity contribution in [2.45, 2.75) is 13.3 Å². The fourth-order valence-corrected chi connectivity index (χ4v) is 2.75. The third kappa shape index (κ3) is 3.93. The number of benzene rings is 1. The lowest BCUT2D eigenvalue weighted by molar-refractivity contribution is 0.881. The maximum absolute atomic E-state index is 5.72. The van der Waals surface area contributed by atoms with Crippen molar-refractivity contribution < 1.29 is 0 Å². The highest BCUT2D eigenvalue weighted by molar-refractivity contribution is 5.80. The monoisotopic (exact) mass is 373 g/mol. The summed E-state index contributed by atoms with van der Waals surface area (Å²) in [5.74, 6) is 1.64. The van der Waals surface area contributed by atoms with E-state index in [-0.39, 0.29) is 0 Å². The number of hydrogen-bond acceptors (Lipinski definition) is 8. The van der Waals surface area contributed by atoms with Gasteiger partial charge in [-0.05, 0) is 19.1 Å². The molecule has 0 aliphatic carbocycles. The van der Waals surface area contributed by atoms with E-state index in [2.05, 4.69) is 67.1 Å². The Kier molecular flexibility index (Phi) is 4.87. The second kappa shape index (κ2) is 7.78. The zero-order valence-corrected chi connectivity index (χ0v) is 15.3. The number of aromatic amines is 1. The highest BCUT2D eigenvalue weighted by Gasteiger charge is 2.12. The van der Waals surface area contributed by atoms with Gasteiger partial charge < -0.3 is 11.1 Å². The van der Waals surface area contributed by atoms with Gasteiger partial charge in [-0.3, -0.25) is 0 Å². The molecular formula is C19H19N9. The van der Waals surface area contributed by atoms with Crippen molar-refractivity contribution in [2.24, 2.45) is 0 Å². The zero-order valence-electron chi connectivity index (χ0n) is 15.3. The highest BCUT2D eigenvalue weighted by Crippen LogP contribution is 2.30. The summed E-state index contributed by atoms with van der Waals surface area (Å²) in [6.45, 7) is 2.65. The van der Waals surface area contributed by atoms with Crippen LogP contribution < -0.4 is 11.1 Å². The van der Waals surface area contributed by atoms with Gasteiger partial charge >= 0.3 is 0 Å². The van der Waals surface area contributed by atoms with E-state index in [1.54, 1.807) is 18.5 Å². The molecule has 0 amide bonds. The molecule has 3 aromatic heterocycles. The van der Waals surface area contributed by atoms with Gasteiger partial charge in [0.25, 0.3) is 0 Å². The molecule has 28 heavy (non-hydrogen) atoms. The number of nitrogens with two attached hydrogens (primary N) is 1. The largest absolute Gasteiger partial charge is 0.384 e. The van der Waals surface area contributed by atoms with E-state index in [1.807, 2.05) is 6.07 Å². The maximum Gasteiger partial charge on any atom is 0.223 e. The van der Waals surface area contributed by atoms with Crippen molar-refractivity contribution in [1.29, 1.82) is 0 Å². The van der Waals surface area contributed by atoms with Crippen LogP contribution in [0.15, 0.2) is 48.8 Å². The Bertz CT molecular complexity index is 1040. The predicted molar refractivity (Wildman–Crippen MR) is 106 cm³/mol. The standard InChI is InChI=1S/C19H19N9/c1-12-2-4-13(5-3-12)18-15(14-6-7-16(20)22-10-14)11-23-19(24-18)21-9-8-17-25-27-28-26-17/h2-7,10-11H,8-9H2,1H3,(H2,20,22)(H,21,23,24)(H,25,26,27,28). The van der Waals surface area contributed by atoms with E-state index in [0.717, 1.165) is 22.4 Å². The van der Waals surface area contributed by atoms with Crippen LogP contribution in [0.1, 0.15) is 11.4 Å². The molecule has 0 fully saturated rings. The lowest BCUT2D eigenvalue weighted by Crippen LogP contribution is -2.09. The van der Waals surface area contributed by atoms with Gasteiger partial charge in [0.15, 0.2) is 5.82 Å². The zero-order chi connectivity index (χ0) is 19.3. The number of hydrogen-bond donors (Lipinski definition) is 3. The lowest BCUT2D eigenvalue weighted by atomic mass is 10.0. The van der Waals surface area contributed by atoms with Crippen LogP contribution in [-0.4, -0.2) is 42.1 Å². The van der Waals surface area contributed by atoms with Gasteiger partial charge in [0.2, 0.25) is 5.95 Å². The van der Waals surface area contributed by atoms with Crippen LogP contribution in [0.5, 0.6) is 0 Å². The number of nitrogens with one attached hydrogen (secondary N) is 2. The summed E-state index contributed by atoms with van der Waals surface area (Å²) in [5.41, 5.74) is 10.5. The molecule has 4 rings (SSSR count). The van der Waals surface area contributed by atoms with Gasteiger partial charge in [-0.15, -0.1) is 10.2 Å². The van der Waals surface area contributed by atoms with E-state index in [9.17, 15) is 0 Å². The molecule has 3 heterocycles. The number of aryl methyl sites for hydroxylation is 1. The van der Waals surface area contributed by atoms with Crippen molar-refractivity contribution >= 4 is 11.8 Å². The fourth-order valence-electron chi connectivity index (χ4n) is 2.75. The summed E-state index contributed by atoms with van der Waals surface area (Å²) >= 11 is 0. The molecule has 0 saturated carbocycles. The maximum atomic E-state index is 5.72. The third-order valence-corrected chi connectivity index (χ3v) is 4.23. The van der Waals surface area contributed by atoms with Gasteiger partial charge in [0.1, 0.15) is 5.82 Å². The average Bonchev–Trinajstić information content (AvgIpc) is 3.23. The Balaban J connectivity index is 1.65.